The highest BCUT2D eigenvalue weighted by Crippen LogP contribution is 2.32. The van der Waals surface area contributed by atoms with Gasteiger partial charge < -0.3 is 59.3 Å². The summed E-state index contributed by atoms with van der Waals surface area (Å²) in [6.07, 6.45) is 6.09. The number of nitrogens with zero attached hydrogens (tertiary/aromatic N) is 10. The maximum atomic E-state index is 14.1. The van der Waals surface area contributed by atoms with Crippen LogP contribution in [0.5, 0.6) is 5.75 Å². The lowest BCUT2D eigenvalue weighted by Gasteiger charge is -2.37. The number of piperidine rings is 1. The minimum atomic E-state index is -0.948. The number of aromatic nitrogens is 6. The van der Waals surface area contributed by atoms with Gasteiger partial charge in [-0.1, -0.05) is 45.0 Å². The molecule has 3 amide bonds. The Balaban J connectivity index is 0.617. The van der Waals surface area contributed by atoms with Crippen LogP contribution in [0.25, 0.3) is 21.5 Å². The number of thiazole rings is 1. The van der Waals surface area contributed by atoms with Gasteiger partial charge in [-0.25, -0.2) is 19.9 Å². The van der Waals surface area contributed by atoms with Gasteiger partial charge in [-0.3, -0.25) is 19.3 Å². The summed E-state index contributed by atoms with van der Waals surface area (Å²) in [6, 6.07) is 18.4. The van der Waals surface area contributed by atoms with Crippen LogP contribution < -0.4 is 30.5 Å². The van der Waals surface area contributed by atoms with Crippen LogP contribution in [0.1, 0.15) is 89.8 Å². The molecule has 3 aliphatic heterocycles. The molecule has 4 aliphatic rings. The number of imidazole rings is 1. The summed E-state index contributed by atoms with van der Waals surface area (Å²) in [7, 11) is 1.77. The second-order valence-electron chi connectivity index (χ2n) is 23.3. The Morgan fingerprint density at radius 2 is 1.61 bits per heavy atom. The Kier molecular flexibility index (Phi) is 18.6. The molecule has 3 saturated heterocycles. The molecule has 1 aliphatic carbocycles. The van der Waals surface area contributed by atoms with E-state index in [0.717, 1.165) is 109 Å². The molecule has 4 fully saturated rings. The van der Waals surface area contributed by atoms with Crippen LogP contribution in [-0.2, 0) is 41.7 Å². The predicted octanol–water partition coefficient (Wildman–Crippen LogP) is 6.67. The Bertz CT molecular complexity index is 3110. The Morgan fingerprint density at radius 3 is 2.30 bits per heavy atom. The molecule has 2 aromatic carbocycles. The van der Waals surface area contributed by atoms with Crippen molar-refractivity contribution < 1.29 is 38.4 Å². The lowest BCUT2D eigenvalue weighted by molar-refractivity contribution is -0.146. The van der Waals surface area contributed by atoms with E-state index < -0.39 is 35.4 Å². The number of methoxy groups -OCH3 is 1. The van der Waals surface area contributed by atoms with E-state index in [9.17, 15) is 19.5 Å². The summed E-state index contributed by atoms with van der Waals surface area (Å²) >= 11 is 1.58. The number of ether oxygens (including phenoxy) is 4. The summed E-state index contributed by atoms with van der Waals surface area (Å²) < 4.78 is 26.3. The molecule has 1 saturated carbocycles. The van der Waals surface area contributed by atoms with Crippen LogP contribution in [0.2, 0.25) is 0 Å². The van der Waals surface area contributed by atoms with Gasteiger partial charge in [-0.2, -0.15) is 4.98 Å². The number of carbonyl (C=O) groups excluding carboxylic acids is 3. The predicted molar refractivity (Wildman–Crippen MR) is 315 cm³/mol. The molecule has 438 valence electrons. The number of fused-ring (bicyclic) bond motifs is 1. The molecule has 2 unspecified atom stereocenters. The van der Waals surface area contributed by atoms with Gasteiger partial charge in [-0.05, 0) is 80.5 Å². The third kappa shape index (κ3) is 14.3. The molecule has 10 rings (SSSR count). The second-order valence-corrected chi connectivity index (χ2v) is 24.2. The molecule has 21 nitrogen and oxygen atoms in total. The van der Waals surface area contributed by atoms with Crippen molar-refractivity contribution in [2.75, 3.05) is 87.8 Å². The third-order valence-electron chi connectivity index (χ3n) is 16.0. The van der Waals surface area contributed by atoms with Crippen molar-refractivity contribution in [3.8, 4) is 16.2 Å². The Labute approximate surface area is 484 Å². The number of nitrogens with one attached hydrogen (secondary N) is 3. The number of β-amino-alcohol motifs (C(OH)–C–C–N with tert-alkyl or cyclic N) is 1. The number of carbonyl (C=O) groups is 3. The van der Waals surface area contributed by atoms with E-state index >= 15 is 0 Å². The van der Waals surface area contributed by atoms with Gasteiger partial charge in [0.05, 0.1) is 52.7 Å². The summed E-state index contributed by atoms with van der Waals surface area (Å²) in [5, 5.41) is 19.9. The number of likely N-dealkylation sites (tertiary alicyclic amines) is 1. The molecule has 4 aromatic heterocycles. The largest absolute Gasteiger partial charge is 0.490 e. The lowest BCUT2D eigenvalue weighted by Crippen LogP contribution is -2.58. The van der Waals surface area contributed by atoms with E-state index in [4.69, 9.17) is 28.9 Å². The van der Waals surface area contributed by atoms with Crippen LogP contribution in [0.15, 0.2) is 78.6 Å². The maximum absolute atomic E-state index is 14.1. The van der Waals surface area contributed by atoms with Gasteiger partial charge in [0.2, 0.25) is 23.7 Å². The van der Waals surface area contributed by atoms with Gasteiger partial charge >= 0.3 is 0 Å². The van der Waals surface area contributed by atoms with Crippen molar-refractivity contribution in [1.82, 2.24) is 49.9 Å². The molecule has 22 heteroatoms. The van der Waals surface area contributed by atoms with E-state index in [-0.39, 0.29) is 56.4 Å². The number of rotatable bonds is 22. The highest BCUT2D eigenvalue weighted by Gasteiger charge is 2.45. The SMILES string of the molecule is COC1CCN(c2nccc(Nc3cc4c(cn3)nc(COCCN3CCN(c5ccc(OC6CC(OCC(=O)N[C@H](C(=O)N7CC(O)CC7C(=O)NCc7ccc(-c8scnc8C)cc7)C(C)(C)C)C6)cc5)CC3)n4C(C)C)n2)CC1. The van der Waals surface area contributed by atoms with Crippen LogP contribution >= 0.6 is 11.3 Å². The van der Waals surface area contributed by atoms with E-state index in [0.29, 0.717) is 43.6 Å². The van der Waals surface area contributed by atoms with Crippen molar-refractivity contribution >= 4 is 63.4 Å². The number of piperazine rings is 1. The molecular weight excluding hydrogens is 1060 g/mol. The molecule has 7 heterocycles. The van der Waals surface area contributed by atoms with Crippen LogP contribution in [0, 0.1) is 12.3 Å². The molecule has 82 heavy (non-hydrogen) atoms. The maximum Gasteiger partial charge on any atom is 0.246 e. The molecule has 3 atom stereocenters. The molecule has 0 radical (unpaired) electrons. The molecular formula is C60H79N13O8S. The van der Waals surface area contributed by atoms with Gasteiger partial charge in [0, 0.05) is 109 Å². The first kappa shape index (κ1) is 58.4. The van der Waals surface area contributed by atoms with Crippen molar-refractivity contribution in [3.05, 3.63) is 95.6 Å². The fraction of sp³-hybridized carbons (Fsp3) is 0.533. The summed E-state index contributed by atoms with van der Waals surface area (Å²) in [4.78, 5) is 73.8. The number of aliphatic hydroxyl groups is 1. The van der Waals surface area contributed by atoms with Gasteiger partial charge in [0.25, 0.3) is 0 Å². The Morgan fingerprint density at radius 1 is 0.854 bits per heavy atom. The van der Waals surface area contributed by atoms with Crippen LogP contribution in [0.4, 0.5) is 23.3 Å². The number of aliphatic hydroxyl groups excluding tert-OH is 1. The first-order valence-corrected chi connectivity index (χ1v) is 29.7. The normalized spacial score (nSPS) is 20.3. The standard InChI is InChI=1S/C60H79N13O8S/c1-38(2)73-49-31-52(66-51-16-19-61-59(67-51)71-20-17-44(78-7)18-21-71)62-33-48(49)65-53(73)35-79-27-26-69-22-24-70(25-23-69)42-12-14-45(15-13-42)81-47-29-46(30-47)80-36-54(75)68-56(60(4,5)6)58(77)72-34-43(74)28-50(72)57(76)63-32-40-8-10-41(11-9-40)55-39(3)64-37-82-55/h8-16,19,31,33,37-38,43-44,46-47,50,56,74H,17-18,20-30,32,34-36H2,1-7H3,(H,63,76)(H,68,75)(H,61,62,66,67)/t43?,46?,47?,50?,56-/m1/s1. The third-order valence-corrected chi connectivity index (χ3v) is 17.0. The number of hydrogen-bond donors (Lipinski definition) is 4. The average molecular weight is 1140 g/mol. The van der Waals surface area contributed by atoms with Crippen LogP contribution in [-0.4, -0.2) is 171 Å². The lowest BCUT2D eigenvalue weighted by atomic mass is 9.85. The zero-order valence-electron chi connectivity index (χ0n) is 48.3. The van der Waals surface area contributed by atoms with E-state index in [1.807, 2.05) is 81.7 Å². The topological polar surface area (TPSA) is 227 Å². The Hall–Kier alpha value is -6.82. The fourth-order valence-corrected chi connectivity index (χ4v) is 12.0. The van der Waals surface area contributed by atoms with Crippen molar-refractivity contribution in [2.24, 2.45) is 5.41 Å². The zero-order valence-corrected chi connectivity index (χ0v) is 49.1. The van der Waals surface area contributed by atoms with E-state index in [1.54, 1.807) is 30.8 Å². The van der Waals surface area contributed by atoms with E-state index in [1.165, 1.54) is 4.90 Å². The average Bonchev–Trinajstić information content (AvgIpc) is 4.21. The summed E-state index contributed by atoms with van der Waals surface area (Å²) in [6.45, 7) is 19.1. The first-order chi connectivity index (χ1) is 39.5. The molecule has 4 N–H and O–H groups in total. The van der Waals surface area contributed by atoms with Crippen molar-refractivity contribution in [2.45, 2.75) is 129 Å². The van der Waals surface area contributed by atoms with Crippen molar-refractivity contribution in [1.29, 1.82) is 0 Å². The second kappa shape index (κ2) is 26.2. The minimum Gasteiger partial charge on any atom is -0.490 e. The molecule has 0 bridgehead atoms. The smallest absolute Gasteiger partial charge is 0.246 e. The van der Waals surface area contributed by atoms with Gasteiger partial charge in [0.1, 0.15) is 60.1 Å². The number of amides is 3. The summed E-state index contributed by atoms with van der Waals surface area (Å²) in [5.41, 5.74) is 7.02. The van der Waals surface area contributed by atoms with Crippen molar-refractivity contribution in [3.63, 3.8) is 0 Å². The number of hydrogen-bond acceptors (Lipinski definition) is 18. The number of benzene rings is 2. The molecule has 6 aromatic rings. The number of anilines is 4. The first-order valence-electron chi connectivity index (χ1n) is 28.8. The van der Waals surface area contributed by atoms with Gasteiger partial charge in [0.15, 0.2) is 0 Å². The fourth-order valence-electron chi connectivity index (χ4n) is 11.2. The van der Waals surface area contributed by atoms with Crippen LogP contribution in [0.3, 0.4) is 0 Å². The molecule has 0 spiro atoms. The van der Waals surface area contributed by atoms with Gasteiger partial charge in [-0.15, -0.1) is 11.3 Å². The summed E-state index contributed by atoms with van der Waals surface area (Å²) in [5.74, 6) is 2.53. The number of aryl methyl sites for hydroxylation is 1. The highest BCUT2D eigenvalue weighted by molar-refractivity contribution is 7.13. The number of pyridine rings is 1. The highest BCUT2D eigenvalue weighted by atomic mass is 32.1. The quantitative estimate of drug-likeness (QED) is 0.0521. The zero-order chi connectivity index (χ0) is 57.5. The van der Waals surface area contributed by atoms with E-state index in [2.05, 4.69) is 76.1 Å². The monoisotopic (exact) mass is 1140 g/mol. The minimum absolute atomic E-state index is 0.00311.